The Hall–Kier alpha value is -2.55. The zero-order valence-electron chi connectivity index (χ0n) is 16.3. The summed E-state index contributed by atoms with van der Waals surface area (Å²) in [7, 11) is -1.12. The summed E-state index contributed by atoms with van der Waals surface area (Å²) >= 11 is 0. The molecular weight excluding hydrogens is 380 g/mol. The summed E-state index contributed by atoms with van der Waals surface area (Å²) in [5.74, 6) is 1.05. The van der Waals surface area contributed by atoms with Gasteiger partial charge in [-0.3, -0.25) is 9.00 Å². The third-order valence-corrected chi connectivity index (χ3v) is 5.78. The maximum atomic E-state index is 12.7. The van der Waals surface area contributed by atoms with Gasteiger partial charge in [0.05, 0.1) is 17.4 Å². The molecule has 9 heteroatoms. The predicted octanol–water partition coefficient (Wildman–Crippen LogP) is 1.96. The third kappa shape index (κ3) is 4.83. The van der Waals surface area contributed by atoms with Gasteiger partial charge in [-0.1, -0.05) is 34.6 Å². The average Bonchev–Trinajstić information content (AvgIpc) is 3.13. The minimum atomic E-state index is -1.12. The SMILES string of the molecule is CCON=C1CCN(C(=O)Cc2ccc(-c3noc(C)n3)cc2)CC1S(C)=O. The van der Waals surface area contributed by atoms with E-state index in [1.54, 1.807) is 18.1 Å². The van der Waals surface area contributed by atoms with Crippen molar-refractivity contribution in [1.82, 2.24) is 15.0 Å². The number of benzene rings is 1. The Kier molecular flexibility index (Phi) is 6.56. The van der Waals surface area contributed by atoms with Crippen molar-refractivity contribution in [3.8, 4) is 11.4 Å². The summed E-state index contributed by atoms with van der Waals surface area (Å²) in [6.45, 7) is 5.01. The Balaban J connectivity index is 1.63. The fourth-order valence-electron chi connectivity index (χ4n) is 3.06. The molecule has 8 nitrogen and oxygen atoms in total. The van der Waals surface area contributed by atoms with Gasteiger partial charge in [-0.05, 0) is 12.5 Å². The molecule has 1 aromatic heterocycles. The molecule has 0 N–H and O–H groups in total. The van der Waals surface area contributed by atoms with Gasteiger partial charge in [0, 0.05) is 49.1 Å². The van der Waals surface area contributed by atoms with Crippen LogP contribution in [0.4, 0.5) is 0 Å². The van der Waals surface area contributed by atoms with Crippen molar-refractivity contribution in [3.63, 3.8) is 0 Å². The molecule has 2 atom stereocenters. The number of carbonyl (C=O) groups excluding carboxylic acids is 1. The lowest BCUT2D eigenvalue weighted by Gasteiger charge is -2.32. The molecule has 1 saturated heterocycles. The van der Waals surface area contributed by atoms with Gasteiger partial charge in [0.1, 0.15) is 6.61 Å². The van der Waals surface area contributed by atoms with Crippen molar-refractivity contribution in [2.75, 3.05) is 26.0 Å². The van der Waals surface area contributed by atoms with Crippen LogP contribution >= 0.6 is 0 Å². The van der Waals surface area contributed by atoms with E-state index in [0.29, 0.717) is 37.8 Å². The number of piperidine rings is 1. The van der Waals surface area contributed by atoms with Crippen LogP contribution in [0.25, 0.3) is 11.4 Å². The number of aromatic nitrogens is 2. The quantitative estimate of drug-likeness (QED) is 0.683. The Morgan fingerprint density at radius 1 is 1.39 bits per heavy atom. The summed E-state index contributed by atoms with van der Waals surface area (Å²) in [6, 6.07) is 7.53. The van der Waals surface area contributed by atoms with Crippen LogP contribution in [-0.2, 0) is 26.9 Å². The van der Waals surface area contributed by atoms with Crippen molar-refractivity contribution in [2.45, 2.75) is 31.9 Å². The van der Waals surface area contributed by atoms with Crippen LogP contribution in [0.2, 0.25) is 0 Å². The molecule has 1 amide bonds. The van der Waals surface area contributed by atoms with Gasteiger partial charge in [-0.15, -0.1) is 0 Å². The lowest BCUT2D eigenvalue weighted by Crippen LogP contribution is -2.49. The van der Waals surface area contributed by atoms with Crippen molar-refractivity contribution in [2.24, 2.45) is 5.16 Å². The van der Waals surface area contributed by atoms with Crippen molar-refractivity contribution in [1.29, 1.82) is 0 Å². The van der Waals surface area contributed by atoms with Crippen LogP contribution in [0, 0.1) is 6.92 Å². The summed E-state index contributed by atoms with van der Waals surface area (Å²) in [5.41, 5.74) is 2.51. The highest BCUT2D eigenvalue weighted by Crippen LogP contribution is 2.18. The van der Waals surface area contributed by atoms with Crippen molar-refractivity contribution < 1.29 is 18.4 Å². The first-order valence-electron chi connectivity index (χ1n) is 9.16. The second-order valence-electron chi connectivity index (χ2n) is 6.59. The van der Waals surface area contributed by atoms with Crippen LogP contribution in [0.15, 0.2) is 33.9 Å². The standard InChI is InChI=1S/C19H24N4O4S/c1-4-26-21-16-9-10-23(12-17(16)28(3)25)18(24)11-14-5-7-15(8-6-14)19-20-13(2)27-22-19/h5-8,17H,4,9-12H2,1-3H3. The molecule has 2 heterocycles. The average molecular weight is 404 g/mol. The number of carbonyl (C=O) groups is 1. The molecule has 0 bridgehead atoms. The highest BCUT2D eigenvalue weighted by molar-refractivity contribution is 7.85. The molecule has 3 rings (SSSR count). The van der Waals surface area contributed by atoms with Crippen molar-refractivity contribution >= 4 is 22.4 Å². The van der Waals surface area contributed by atoms with Crippen LogP contribution in [0.3, 0.4) is 0 Å². The third-order valence-electron chi connectivity index (χ3n) is 4.56. The fourth-order valence-corrected chi connectivity index (χ4v) is 3.99. The number of rotatable bonds is 6. The molecule has 1 fully saturated rings. The first-order chi connectivity index (χ1) is 13.5. The molecule has 0 aliphatic carbocycles. The maximum Gasteiger partial charge on any atom is 0.227 e. The van der Waals surface area contributed by atoms with Gasteiger partial charge in [0.2, 0.25) is 17.6 Å². The monoisotopic (exact) mass is 404 g/mol. The van der Waals surface area contributed by atoms with E-state index >= 15 is 0 Å². The highest BCUT2D eigenvalue weighted by Gasteiger charge is 2.31. The number of amides is 1. The van der Waals surface area contributed by atoms with Crippen LogP contribution in [0.5, 0.6) is 0 Å². The molecule has 2 aromatic rings. The van der Waals surface area contributed by atoms with E-state index in [1.807, 2.05) is 31.2 Å². The molecule has 0 spiro atoms. The smallest absolute Gasteiger partial charge is 0.227 e. The molecule has 150 valence electrons. The van der Waals surface area contributed by atoms with E-state index in [-0.39, 0.29) is 17.6 Å². The number of likely N-dealkylation sites (tertiary alicyclic amines) is 1. The molecule has 0 radical (unpaired) electrons. The highest BCUT2D eigenvalue weighted by atomic mass is 32.2. The number of hydrogen-bond acceptors (Lipinski definition) is 7. The van der Waals surface area contributed by atoms with E-state index in [4.69, 9.17) is 9.36 Å². The van der Waals surface area contributed by atoms with E-state index in [2.05, 4.69) is 15.3 Å². The molecule has 28 heavy (non-hydrogen) atoms. The fraction of sp³-hybridized carbons (Fsp3) is 0.474. The predicted molar refractivity (Wildman–Crippen MR) is 106 cm³/mol. The molecule has 1 aliphatic heterocycles. The zero-order valence-corrected chi connectivity index (χ0v) is 17.1. The van der Waals surface area contributed by atoms with E-state index < -0.39 is 10.8 Å². The first kappa shape index (κ1) is 20.2. The summed E-state index contributed by atoms with van der Waals surface area (Å²) in [6.07, 6.45) is 2.50. The molecule has 2 unspecified atom stereocenters. The van der Waals surface area contributed by atoms with Crippen LogP contribution < -0.4 is 0 Å². The van der Waals surface area contributed by atoms with Gasteiger partial charge in [-0.2, -0.15) is 4.98 Å². The maximum absolute atomic E-state index is 12.7. The molecular formula is C19H24N4O4S. The van der Waals surface area contributed by atoms with E-state index in [0.717, 1.165) is 16.8 Å². The molecule has 1 aromatic carbocycles. The Bertz CT molecular complexity index is 878. The number of aryl methyl sites for hydroxylation is 1. The normalized spacial score (nSPS) is 19.6. The number of hydrogen-bond donors (Lipinski definition) is 0. The van der Waals surface area contributed by atoms with Gasteiger partial charge >= 0.3 is 0 Å². The number of nitrogens with zero attached hydrogens (tertiary/aromatic N) is 4. The van der Waals surface area contributed by atoms with Gasteiger partial charge in [0.25, 0.3) is 0 Å². The second kappa shape index (κ2) is 9.09. The Morgan fingerprint density at radius 2 is 2.14 bits per heavy atom. The minimum absolute atomic E-state index is 0.00839. The zero-order chi connectivity index (χ0) is 20.1. The summed E-state index contributed by atoms with van der Waals surface area (Å²) < 4.78 is 17.1. The topological polar surface area (TPSA) is 97.9 Å². The van der Waals surface area contributed by atoms with Crippen LogP contribution in [0.1, 0.15) is 24.8 Å². The lowest BCUT2D eigenvalue weighted by atomic mass is 10.1. The van der Waals surface area contributed by atoms with E-state index in [9.17, 15) is 9.00 Å². The summed E-state index contributed by atoms with van der Waals surface area (Å²) in [4.78, 5) is 23.8. The van der Waals surface area contributed by atoms with E-state index in [1.165, 1.54) is 0 Å². The minimum Gasteiger partial charge on any atom is -0.396 e. The Morgan fingerprint density at radius 3 is 2.75 bits per heavy atom. The van der Waals surface area contributed by atoms with Gasteiger partial charge < -0.3 is 14.3 Å². The largest absolute Gasteiger partial charge is 0.396 e. The lowest BCUT2D eigenvalue weighted by molar-refractivity contribution is -0.130. The molecule has 0 saturated carbocycles. The first-order valence-corrected chi connectivity index (χ1v) is 10.8. The molecule has 1 aliphatic rings. The second-order valence-corrected chi connectivity index (χ2v) is 8.15. The van der Waals surface area contributed by atoms with Crippen molar-refractivity contribution in [3.05, 3.63) is 35.7 Å². The Labute approximate surface area is 166 Å². The van der Waals surface area contributed by atoms with Gasteiger partial charge in [-0.25, -0.2) is 0 Å². The number of oxime groups is 1. The van der Waals surface area contributed by atoms with Gasteiger partial charge in [0.15, 0.2) is 0 Å². The van der Waals surface area contributed by atoms with Crippen LogP contribution in [-0.4, -0.2) is 62.1 Å². The summed E-state index contributed by atoms with van der Waals surface area (Å²) in [5, 5.41) is 7.70.